The summed E-state index contributed by atoms with van der Waals surface area (Å²) in [6, 6.07) is -0.322. The molecular formula is C15H26F3N3O2. The number of carbonyl (C=O) groups excluding carboxylic acids is 1. The van der Waals surface area contributed by atoms with E-state index in [4.69, 9.17) is 4.74 Å². The van der Waals surface area contributed by atoms with Gasteiger partial charge in [-0.3, -0.25) is 14.6 Å². The van der Waals surface area contributed by atoms with Gasteiger partial charge in [0.05, 0.1) is 19.3 Å². The number of nitrogens with zero attached hydrogens (tertiary/aromatic N) is 2. The quantitative estimate of drug-likeness (QED) is 0.820. The summed E-state index contributed by atoms with van der Waals surface area (Å²) in [6.45, 7) is 5.22. The van der Waals surface area contributed by atoms with Crippen molar-refractivity contribution in [3.8, 4) is 0 Å². The minimum absolute atomic E-state index is 0.216. The number of rotatable bonds is 5. The molecule has 2 atom stereocenters. The van der Waals surface area contributed by atoms with Crippen LogP contribution in [0.3, 0.4) is 0 Å². The van der Waals surface area contributed by atoms with Crippen LogP contribution >= 0.6 is 0 Å². The van der Waals surface area contributed by atoms with Gasteiger partial charge in [0.25, 0.3) is 0 Å². The molecule has 2 rings (SSSR count). The molecule has 2 fully saturated rings. The number of likely N-dealkylation sites (tertiary alicyclic amines) is 1. The number of halogens is 3. The van der Waals surface area contributed by atoms with Crippen molar-refractivity contribution in [1.82, 2.24) is 15.1 Å². The highest BCUT2D eigenvalue weighted by atomic mass is 19.4. The first-order valence-corrected chi connectivity index (χ1v) is 8.27. The summed E-state index contributed by atoms with van der Waals surface area (Å²) in [5.74, 6) is -0.545. The highest BCUT2D eigenvalue weighted by Gasteiger charge is 2.34. The summed E-state index contributed by atoms with van der Waals surface area (Å²) in [4.78, 5) is 16.4. The summed E-state index contributed by atoms with van der Waals surface area (Å²) in [7, 11) is 0. The SMILES string of the molecule is C[C@@H](C(=O)NCC(F)(F)F)N1CCCC[C@H]1CN1CCOCC1. The van der Waals surface area contributed by atoms with Crippen LogP contribution in [0.15, 0.2) is 0 Å². The van der Waals surface area contributed by atoms with E-state index in [1.807, 2.05) is 5.32 Å². The van der Waals surface area contributed by atoms with Crippen molar-refractivity contribution in [2.45, 2.75) is 44.4 Å². The van der Waals surface area contributed by atoms with E-state index in [2.05, 4.69) is 9.80 Å². The van der Waals surface area contributed by atoms with E-state index in [0.29, 0.717) is 13.2 Å². The van der Waals surface area contributed by atoms with Crippen molar-refractivity contribution in [2.24, 2.45) is 0 Å². The van der Waals surface area contributed by atoms with Crippen molar-refractivity contribution in [3.63, 3.8) is 0 Å². The molecule has 23 heavy (non-hydrogen) atoms. The maximum atomic E-state index is 12.3. The fourth-order valence-electron chi connectivity index (χ4n) is 3.30. The molecule has 2 aliphatic heterocycles. The third-order valence-electron chi connectivity index (χ3n) is 4.59. The molecule has 0 aromatic heterocycles. The summed E-state index contributed by atoms with van der Waals surface area (Å²) in [5, 5.41) is 2.00. The molecule has 5 nitrogen and oxygen atoms in total. The lowest BCUT2D eigenvalue weighted by molar-refractivity contribution is -0.142. The predicted octanol–water partition coefficient (Wildman–Crippen LogP) is 1.24. The highest BCUT2D eigenvalue weighted by molar-refractivity contribution is 5.81. The second kappa shape index (κ2) is 8.30. The Morgan fingerprint density at radius 1 is 1.26 bits per heavy atom. The van der Waals surface area contributed by atoms with Crippen LogP contribution < -0.4 is 5.32 Å². The number of hydrogen-bond acceptors (Lipinski definition) is 4. The van der Waals surface area contributed by atoms with Gasteiger partial charge in [0.1, 0.15) is 6.54 Å². The Morgan fingerprint density at radius 2 is 1.96 bits per heavy atom. The molecule has 0 bridgehead atoms. The standard InChI is InChI=1S/C15H26F3N3O2/c1-12(14(22)19-11-15(16,17)18)21-5-3-2-4-13(21)10-20-6-8-23-9-7-20/h12-13H,2-11H2,1H3,(H,19,22)/t12-,13-/m0/s1. The van der Waals surface area contributed by atoms with Gasteiger partial charge in [-0.05, 0) is 26.3 Å². The number of carbonyl (C=O) groups is 1. The van der Waals surface area contributed by atoms with E-state index in [9.17, 15) is 18.0 Å². The van der Waals surface area contributed by atoms with Crippen LogP contribution in [0.5, 0.6) is 0 Å². The molecule has 2 saturated heterocycles. The zero-order valence-corrected chi connectivity index (χ0v) is 13.6. The molecule has 0 spiro atoms. The Bertz CT molecular complexity index is 387. The van der Waals surface area contributed by atoms with Gasteiger partial charge in [-0.15, -0.1) is 0 Å². The molecule has 2 heterocycles. The maximum absolute atomic E-state index is 12.3. The van der Waals surface area contributed by atoms with Crippen LogP contribution in [0.4, 0.5) is 13.2 Å². The van der Waals surface area contributed by atoms with Gasteiger partial charge in [0.2, 0.25) is 5.91 Å². The molecule has 1 amide bonds. The van der Waals surface area contributed by atoms with E-state index in [0.717, 1.165) is 45.4 Å². The number of amides is 1. The second-order valence-electron chi connectivity index (χ2n) is 6.31. The number of hydrogen-bond donors (Lipinski definition) is 1. The molecule has 0 aromatic rings. The average Bonchev–Trinajstić information content (AvgIpc) is 2.53. The van der Waals surface area contributed by atoms with Crippen LogP contribution in [-0.4, -0.2) is 79.9 Å². The first kappa shape index (κ1) is 18.5. The lowest BCUT2D eigenvalue weighted by Crippen LogP contribution is -2.56. The van der Waals surface area contributed by atoms with Crippen molar-refractivity contribution >= 4 is 5.91 Å². The third kappa shape index (κ3) is 5.93. The fourth-order valence-corrected chi connectivity index (χ4v) is 3.30. The van der Waals surface area contributed by atoms with Gasteiger partial charge in [-0.25, -0.2) is 0 Å². The second-order valence-corrected chi connectivity index (χ2v) is 6.31. The lowest BCUT2D eigenvalue weighted by Gasteiger charge is -2.42. The van der Waals surface area contributed by atoms with Crippen LogP contribution in [-0.2, 0) is 9.53 Å². The Hall–Kier alpha value is -0.860. The summed E-state index contributed by atoms with van der Waals surface area (Å²) >= 11 is 0. The molecule has 0 radical (unpaired) electrons. The first-order valence-electron chi connectivity index (χ1n) is 8.27. The van der Waals surface area contributed by atoms with E-state index < -0.39 is 24.7 Å². The molecule has 1 N–H and O–H groups in total. The van der Waals surface area contributed by atoms with Gasteiger partial charge >= 0.3 is 6.18 Å². The van der Waals surface area contributed by atoms with Gasteiger partial charge in [-0.2, -0.15) is 13.2 Å². The number of piperidine rings is 1. The minimum atomic E-state index is -4.37. The molecule has 0 aromatic carbocycles. The van der Waals surface area contributed by atoms with Gasteiger partial charge < -0.3 is 10.1 Å². The number of nitrogens with one attached hydrogen (secondary N) is 1. The van der Waals surface area contributed by atoms with Crippen LogP contribution in [0.25, 0.3) is 0 Å². The molecule has 0 saturated carbocycles. The first-order chi connectivity index (χ1) is 10.9. The summed E-state index contributed by atoms with van der Waals surface area (Å²) in [6.07, 6.45) is -1.31. The van der Waals surface area contributed by atoms with E-state index in [1.54, 1.807) is 6.92 Å². The minimum Gasteiger partial charge on any atom is -0.379 e. The van der Waals surface area contributed by atoms with Gasteiger partial charge in [-0.1, -0.05) is 6.42 Å². The highest BCUT2D eigenvalue weighted by Crippen LogP contribution is 2.21. The van der Waals surface area contributed by atoms with Crippen LogP contribution in [0.1, 0.15) is 26.2 Å². The van der Waals surface area contributed by atoms with E-state index in [-0.39, 0.29) is 6.04 Å². The molecular weight excluding hydrogens is 311 g/mol. The Labute approximate surface area is 135 Å². The van der Waals surface area contributed by atoms with Crippen molar-refractivity contribution in [1.29, 1.82) is 0 Å². The topological polar surface area (TPSA) is 44.8 Å². The normalized spacial score (nSPS) is 26.0. The summed E-state index contributed by atoms with van der Waals surface area (Å²) in [5.41, 5.74) is 0. The molecule has 134 valence electrons. The zero-order valence-electron chi connectivity index (χ0n) is 13.6. The molecule has 0 unspecified atom stereocenters. The number of ether oxygens (including phenoxy) is 1. The number of alkyl halides is 3. The van der Waals surface area contributed by atoms with Crippen molar-refractivity contribution in [3.05, 3.63) is 0 Å². The largest absolute Gasteiger partial charge is 0.405 e. The Kier molecular flexibility index (Phi) is 6.67. The Balaban J connectivity index is 1.89. The van der Waals surface area contributed by atoms with Gasteiger partial charge in [0, 0.05) is 25.7 Å². The zero-order chi connectivity index (χ0) is 16.9. The fraction of sp³-hybridized carbons (Fsp3) is 0.933. The van der Waals surface area contributed by atoms with Crippen LogP contribution in [0.2, 0.25) is 0 Å². The van der Waals surface area contributed by atoms with E-state index in [1.165, 1.54) is 0 Å². The molecule has 2 aliphatic rings. The smallest absolute Gasteiger partial charge is 0.379 e. The van der Waals surface area contributed by atoms with E-state index >= 15 is 0 Å². The monoisotopic (exact) mass is 337 g/mol. The number of morpholine rings is 1. The maximum Gasteiger partial charge on any atom is 0.405 e. The lowest BCUT2D eigenvalue weighted by atomic mass is 9.99. The third-order valence-corrected chi connectivity index (χ3v) is 4.59. The average molecular weight is 337 g/mol. The van der Waals surface area contributed by atoms with Crippen molar-refractivity contribution < 1.29 is 22.7 Å². The van der Waals surface area contributed by atoms with Crippen LogP contribution in [0, 0.1) is 0 Å². The molecule has 8 heteroatoms. The van der Waals surface area contributed by atoms with Gasteiger partial charge in [0.15, 0.2) is 0 Å². The van der Waals surface area contributed by atoms with Crippen molar-refractivity contribution in [2.75, 3.05) is 45.9 Å². The Morgan fingerprint density at radius 3 is 2.61 bits per heavy atom. The predicted molar refractivity (Wildman–Crippen MR) is 80.1 cm³/mol. The molecule has 0 aliphatic carbocycles. The summed E-state index contributed by atoms with van der Waals surface area (Å²) < 4.78 is 42.1.